The van der Waals surface area contributed by atoms with Crippen molar-refractivity contribution in [1.82, 2.24) is 10.2 Å². The maximum absolute atomic E-state index is 10.4. The SMILES string of the molecule is N=Nc1nnc(-c2ccc([N+](=O)[O-])cc2)o1. The lowest BCUT2D eigenvalue weighted by molar-refractivity contribution is -0.384. The van der Waals surface area contributed by atoms with Gasteiger partial charge in [0, 0.05) is 17.7 Å². The maximum Gasteiger partial charge on any atom is 0.361 e. The highest BCUT2D eigenvalue weighted by Crippen LogP contribution is 2.23. The van der Waals surface area contributed by atoms with Gasteiger partial charge < -0.3 is 4.42 Å². The van der Waals surface area contributed by atoms with E-state index in [-0.39, 0.29) is 17.6 Å². The van der Waals surface area contributed by atoms with E-state index in [0.29, 0.717) is 5.56 Å². The van der Waals surface area contributed by atoms with Gasteiger partial charge in [0.2, 0.25) is 5.89 Å². The normalized spacial score (nSPS) is 10.0. The summed E-state index contributed by atoms with van der Waals surface area (Å²) in [6.07, 6.45) is 0. The molecule has 16 heavy (non-hydrogen) atoms. The largest absolute Gasteiger partial charge is 0.401 e. The predicted molar refractivity (Wildman–Crippen MR) is 51.2 cm³/mol. The number of nitrogens with zero attached hydrogens (tertiary/aromatic N) is 4. The molecule has 0 bridgehead atoms. The Balaban J connectivity index is 2.34. The number of hydrogen-bond donors (Lipinski definition) is 1. The summed E-state index contributed by atoms with van der Waals surface area (Å²) in [5.41, 5.74) is 7.16. The summed E-state index contributed by atoms with van der Waals surface area (Å²) in [5.74, 6) is 0.167. The van der Waals surface area contributed by atoms with Crippen LogP contribution in [0.4, 0.5) is 11.7 Å². The Kier molecular flexibility index (Phi) is 2.38. The van der Waals surface area contributed by atoms with Crippen LogP contribution in [0.2, 0.25) is 0 Å². The van der Waals surface area contributed by atoms with Crippen LogP contribution in [0.1, 0.15) is 0 Å². The summed E-state index contributed by atoms with van der Waals surface area (Å²) in [6, 6.07) is 5.47. The van der Waals surface area contributed by atoms with Gasteiger partial charge >= 0.3 is 6.01 Å². The molecule has 1 aromatic carbocycles. The number of non-ortho nitro benzene ring substituents is 1. The summed E-state index contributed by atoms with van der Waals surface area (Å²) < 4.78 is 4.97. The van der Waals surface area contributed by atoms with Gasteiger partial charge in [0.1, 0.15) is 0 Å². The first-order valence-electron chi connectivity index (χ1n) is 4.16. The summed E-state index contributed by atoms with van der Waals surface area (Å²) in [6.45, 7) is 0. The Morgan fingerprint density at radius 3 is 2.50 bits per heavy atom. The third kappa shape index (κ3) is 1.75. The average Bonchev–Trinajstić information content (AvgIpc) is 2.77. The highest BCUT2D eigenvalue weighted by atomic mass is 16.6. The molecule has 8 nitrogen and oxygen atoms in total. The van der Waals surface area contributed by atoms with Crippen LogP contribution in [0.3, 0.4) is 0 Å². The van der Waals surface area contributed by atoms with Gasteiger partial charge in [-0.1, -0.05) is 10.2 Å². The third-order valence-electron chi connectivity index (χ3n) is 1.84. The quantitative estimate of drug-likeness (QED) is 0.482. The smallest absolute Gasteiger partial charge is 0.361 e. The molecule has 2 aromatic rings. The first-order chi connectivity index (χ1) is 7.70. The van der Waals surface area contributed by atoms with E-state index in [1.807, 2.05) is 0 Å². The minimum atomic E-state index is -0.498. The van der Waals surface area contributed by atoms with Crippen LogP contribution in [-0.4, -0.2) is 15.1 Å². The van der Waals surface area contributed by atoms with Gasteiger partial charge in [0.15, 0.2) is 0 Å². The van der Waals surface area contributed by atoms with Gasteiger partial charge in [0.25, 0.3) is 5.69 Å². The molecule has 1 N–H and O–H groups in total. The number of aromatic nitrogens is 2. The van der Waals surface area contributed by atoms with Crippen molar-refractivity contribution in [3.63, 3.8) is 0 Å². The maximum atomic E-state index is 10.4. The van der Waals surface area contributed by atoms with E-state index in [1.165, 1.54) is 24.3 Å². The monoisotopic (exact) mass is 219 g/mol. The molecule has 0 amide bonds. The van der Waals surface area contributed by atoms with Crippen LogP contribution in [-0.2, 0) is 0 Å². The molecule has 2 rings (SSSR count). The predicted octanol–water partition coefficient (Wildman–Crippen LogP) is 2.31. The molecule has 1 heterocycles. The highest BCUT2D eigenvalue weighted by molar-refractivity contribution is 5.55. The lowest BCUT2D eigenvalue weighted by atomic mass is 10.2. The molecule has 0 unspecified atom stereocenters. The van der Waals surface area contributed by atoms with E-state index in [4.69, 9.17) is 9.95 Å². The summed E-state index contributed by atoms with van der Waals surface area (Å²) in [7, 11) is 0. The molecular formula is C8H5N5O3. The molecule has 0 saturated carbocycles. The summed E-state index contributed by atoms with van der Waals surface area (Å²) in [5, 5.41) is 20.5. The van der Waals surface area contributed by atoms with Gasteiger partial charge in [-0.3, -0.25) is 10.1 Å². The fraction of sp³-hybridized carbons (Fsp3) is 0. The van der Waals surface area contributed by atoms with Crippen LogP contribution in [0.5, 0.6) is 0 Å². The minimum absolute atomic E-state index is 0.0198. The zero-order valence-corrected chi connectivity index (χ0v) is 7.82. The summed E-state index contributed by atoms with van der Waals surface area (Å²) in [4.78, 5) is 9.92. The average molecular weight is 219 g/mol. The van der Waals surface area contributed by atoms with Crippen molar-refractivity contribution in [3.8, 4) is 11.5 Å². The number of rotatable bonds is 3. The minimum Gasteiger partial charge on any atom is -0.401 e. The molecular weight excluding hydrogens is 214 g/mol. The van der Waals surface area contributed by atoms with Gasteiger partial charge in [-0.05, 0) is 12.1 Å². The van der Waals surface area contributed by atoms with Crippen molar-refractivity contribution in [1.29, 1.82) is 5.53 Å². The molecule has 0 saturated heterocycles. The van der Waals surface area contributed by atoms with E-state index in [1.54, 1.807) is 0 Å². The Morgan fingerprint density at radius 2 is 2.00 bits per heavy atom. The number of benzene rings is 1. The second-order valence-electron chi connectivity index (χ2n) is 2.81. The van der Waals surface area contributed by atoms with Crippen molar-refractivity contribution in [2.24, 2.45) is 5.11 Å². The number of hydrogen-bond acceptors (Lipinski definition) is 7. The molecule has 80 valence electrons. The fourth-order valence-electron chi connectivity index (χ4n) is 1.10. The standard InChI is InChI=1S/C8H5N5O3/c9-10-8-12-11-7(16-8)5-1-3-6(4-2-5)13(14)15/h1-4,9H. The fourth-order valence-corrected chi connectivity index (χ4v) is 1.10. The number of nitrogens with one attached hydrogen (secondary N) is 1. The van der Waals surface area contributed by atoms with Gasteiger partial charge in [-0.2, -0.15) is 5.53 Å². The van der Waals surface area contributed by atoms with Crippen molar-refractivity contribution in [3.05, 3.63) is 34.4 Å². The first kappa shape index (κ1) is 9.90. The first-order valence-corrected chi connectivity index (χ1v) is 4.16. The molecule has 0 aliphatic carbocycles. The second-order valence-corrected chi connectivity index (χ2v) is 2.81. The molecule has 0 aliphatic heterocycles. The number of nitro groups is 1. The third-order valence-corrected chi connectivity index (χ3v) is 1.84. The van der Waals surface area contributed by atoms with E-state index >= 15 is 0 Å². The molecule has 0 radical (unpaired) electrons. The molecule has 0 atom stereocenters. The van der Waals surface area contributed by atoms with E-state index < -0.39 is 4.92 Å². The van der Waals surface area contributed by atoms with E-state index in [9.17, 15) is 10.1 Å². The summed E-state index contributed by atoms with van der Waals surface area (Å²) >= 11 is 0. The van der Waals surface area contributed by atoms with Crippen molar-refractivity contribution in [2.75, 3.05) is 0 Å². The van der Waals surface area contributed by atoms with Crippen LogP contribution < -0.4 is 0 Å². The Hall–Kier alpha value is -2.64. The van der Waals surface area contributed by atoms with Crippen LogP contribution in [0.25, 0.3) is 11.5 Å². The highest BCUT2D eigenvalue weighted by Gasteiger charge is 2.10. The molecule has 0 fully saturated rings. The van der Waals surface area contributed by atoms with E-state index in [0.717, 1.165) is 0 Å². The molecule has 1 aromatic heterocycles. The van der Waals surface area contributed by atoms with Crippen LogP contribution >= 0.6 is 0 Å². The Bertz CT molecular complexity index is 533. The van der Waals surface area contributed by atoms with Gasteiger partial charge in [0.05, 0.1) is 4.92 Å². The molecule has 0 aliphatic rings. The van der Waals surface area contributed by atoms with Crippen molar-refractivity contribution < 1.29 is 9.34 Å². The van der Waals surface area contributed by atoms with Crippen molar-refractivity contribution in [2.45, 2.75) is 0 Å². The second kappa shape index (κ2) is 3.85. The number of nitro benzene ring substituents is 1. The van der Waals surface area contributed by atoms with Crippen LogP contribution in [0, 0.1) is 15.6 Å². The molecule has 8 heteroatoms. The van der Waals surface area contributed by atoms with Gasteiger partial charge in [-0.25, -0.2) is 0 Å². The topological polar surface area (TPSA) is 118 Å². The van der Waals surface area contributed by atoms with Gasteiger partial charge in [-0.15, -0.1) is 5.10 Å². The van der Waals surface area contributed by atoms with Crippen LogP contribution in [0.15, 0.2) is 33.8 Å². The lowest BCUT2D eigenvalue weighted by Crippen LogP contribution is -1.87. The zero-order valence-electron chi connectivity index (χ0n) is 7.82. The lowest BCUT2D eigenvalue weighted by Gasteiger charge is -1.93. The van der Waals surface area contributed by atoms with Crippen molar-refractivity contribution >= 4 is 11.7 Å². The Labute approximate surface area is 88.6 Å². The van der Waals surface area contributed by atoms with E-state index in [2.05, 4.69) is 15.3 Å². The zero-order chi connectivity index (χ0) is 11.5. The molecule has 0 spiro atoms. The Morgan fingerprint density at radius 1 is 1.31 bits per heavy atom.